The van der Waals surface area contributed by atoms with Gasteiger partial charge in [0, 0.05) is 11.7 Å². The molecule has 0 saturated carbocycles. The van der Waals surface area contributed by atoms with Crippen molar-refractivity contribution < 1.29 is 27.5 Å². The van der Waals surface area contributed by atoms with Crippen LogP contribution in [0.5, 0.6) is 5.75 Å². The molecule has 162 valence electrons. The van der Waals surface area contributed by atoms with Gasteiger partial charge in [0.05, 0.1) is 36.2 Å². The number of hydrogen-bond donors (Lipinski definition) is 0. The van der Waals surface area contributed by atoms with E-state index in [1.165, 1.54) is 34.7 Å². The molecular formula is C21H20N2O6S2. The molecule has 0 radical (unpaired) electrons. The minimum absolute atomic E-state index is 0.0266. The summed E-state index contributed by atoms with van der Waals surface area (Å²) in [4.78, 5) is 27.4. The van der Waals surface area contributed by atoms with Gasteiger partial charge in [0.15, 0.2) is 0 Å². The Labute approximate surface area is 183 Å². The van der Waals surface area contributed by atoms with Gasteiger partial charge in [-0.05, 0) is 41.8 Å². The van der Waals surface area contributed by atoms with Crippen molar-refractivity contribution in [1.29, 1.82) is 0 Å². The Morgan fingerprint density at radius 3 is 2.65 bits per heavy atom. The fourth-order valence-electron chi connectivity index (χ4n) is 3.34. The molecule has 1 amide bonds. The van der Waals surface area contributed by atoms with Crippen molar-refractivity contribution in [3.8, 4) is 5.75 Å². The zero-order valence-corrected chi connectivity index (χ0v) is 18.7. The Hall–Kier alpha value is -3.11. The topological polar surface area (TPSA) is 93.2 Å². The molecule has 1 aromatic heterocycles. The molecule has 0 N–H and O–H groups in total. The molecule has 31 heavy (non-hydrogen) atoms. The van der Waals surface area contributed by atoms with Crippen molar-refractivity contribution in [2.24, 2.45) is 0 Å². The number of anilines is 2. The number of methoxy groups -OCH3 is 1. The number of sulfonamides is 1. The number of carbonyl (C=O) groups is 2. The van der Waals surface area contributed by atoms with E-state index in [-0.39, 0.29) is 12.5 Å². The van der Waals surface area contributed by atoms with Crippen LogP contribution in [0.3, 0.4) is 0 Å². The molecule has 1 aliphatic rings. The van der Waals surface area contributed by atoms with Crippen molar-refractivity contribution >= 4 is 54.7 Å². The monoisotopic (exact) mass is 460 g/mol. The van der Waals surface area contributed by atoms with Gasteiger partial charge in [-0.1, -0.05) is 12.1 Å². The zero-order valence-electron chi connectivity index (χ0n) is 17.1. The Kier molecular flexibility index (Phi) is 5.36. The maximum absolute atomic E-state index is 13.4. The maximum Gasteiger partial charge on any atom is 0.348 e. The third kappa shape index (κ3) is 3.96. The van der Waals surface area contributed by atoms with E-state index in [2.05, 4.69) is 0 Å². The number of rotatable bonds is 4. The standard InChI is InChI=1S/C21H20N2O6S2/c1-22(31(3,26)27)14-8-9-18-13(10-14)11-19(30-18)20(24)23-12-17(21(25)28-2)29-16-7-5-4-6-15(16)23/h4-11,17H,12H2,1-3H3/t17-/m1/s1. The number of esters is 1. The van der Waals surface area contributed by atoms with Gasteiger partial charge in [-0.15, -0.1) is 11.3 Å². The van der Waals surface area contributed by atoms with Gasteiger partial charge in [-0.25, -0.2) is 13.2 Å². The van der Waals surface area contributed by atoms with E-state index in [4.69, 9.17) is 9.47 Å². The second kappa shape index (κ2) is 7.86. The summed E-state index contributed by atoms with van der Waals surface area (Å²) in [6, 6.07) is 14.0. The van der Waals surface area contributed by atoms with Gasteiger partial charge in [0.1, 0.15) is 5.75 Å². The molecule has 0 bridgehead atoms. The summed E-state index contributed by atoms with van der Waals surface area (Å²) in [6.45, 7) is 0.0266. The molecule has 1 atom stereocenters. The number of para-hydroxylation sites is 2. The summed E-state index contributed by atoms with van der Waals surface area (Å²) in [5.41, 5.74) is 1.08. The van der Waals surface area contributed by atoms with Crippen LogP contribution in [0.15, 0.2) is 48.5 Å². The van der Waals surface area contributed by atoms with Gasteiger partial charge < -0.3 is 9.47 Å². The summed E-state index contributed by atoms with van der Waals surface area (Å²) in [7, 11) is -0.646. The van der Waals surface area contributed by atoms with E-state index in [9.17, 15) is 18.0 Å². The van der Waals surface area contributed by atoms with Crippen LogP contribution in [0.2, 0.25) is 0 Å². The van der Waals surface area contributed by atoms with Crippen LogP contribution in [-0.2, 0) is 19.6 Å². The van der Waals surface area contributed by atoms with Crippen molar-refractivity contribution in [3.63, 3.8) is 0 Å². The Morgan fingerprint density at radius 1 is 1.19 bits per heavy atom. The number of nitrogens with zero attached hydrogens (tertiary/aromatic N) is 2. The fourth-order valence-corrected chi connectivity index (χ4v) is 4.83. The molecule has 0 fully saturated rings. The molecule has 10 heteroatoms. The number of benzene rings is 2. The molecule has 4 rings (SSSR count). The average Bonchev–Trinajstić information content (AvgIpc) is 3.19. The molecule has 2 heterocycles. The lowest BCUT2D eigenvalue weighted by molar-refractivity contribution is -0.148. The van der Waals surface area contributed by atoms with Gasteiger partial charge >= 0.3 is 5.97 Å². The Bertz CT molecular complexity index is 1280. The van der Waals surface area contributed by atoms with E-state index in [1.807, 2.05) is 0 Å². The lowest BCUT2D eigenvalue weighted by Crippen LogP contribution is -2.47. The van der Waals surface area contributed by atoms with Crippen molar-refractivity contribution in [2.75, 3.05) is 36.2 Å². The van der Waals surface area contributed by atoms with Crippen LogP contribution in [0.1, 0.15) is 9.67 Å². The van der Waals surface area contributed by atoms with E-state index in [1.54, 1.807) is 48.5 Å². The fraction of sp³-hybridized carbons (Fsp3) is 0.238. The first-order chi connectivity index (χ1) is 14.7. The van der Waals surface area contributed by atoms with Gasteiger partial charge in [-0.2, -0.15) is 0 Å². The Morgan fingerprint density at radius 2 is 1.94 bits per heavy atom. The number of thiophene rings is 1. The molecule has 3 aromatic rings. The smallest absolute Gasteiger partial charge is 0.348 e. The lowest BCUT2D eigenvalue weighted by atomic mass is 10.1. The number of fused-ring (bicyclic) bond motifs is 2. The van der Waals surface area contributed by atoms with Crippen molar-refractivity contribution in [2.45, 2.75) is 6.10 Å². The first-order valence-electron chi connectivity index (χ1n) is 9.32. The van der Waals surface area contributed by atoms with E-state index in [0.717, 1.165) is 16.3 Å². The third-order valence-corrected chi connectivity index (χ3v) is 7.36. The Balaban J connectivity index is 1.71. The van der Waals surface area contributed by atoms with E-state index < -0.39 is 22.1 Å². The molecule has 2 aromatic carbocycles. The first-order valence-corrected chi connectivity index (χ1v) is 12.0. The number of amides is 1. The highest BCUT2D eigenvalue weighted by Gasteiger charge is 2.35. The second-order valence-corrected chi connectivity index (χ2v) is 10.2. The quantitative estimate of drug-likeness (QED) is 0.556. The minimum Gasteiger partial charge on any atom is -0.475 e. The second-order valence-electron chi connectivity index (χ2n) is 7.08. The highest BCUT2D eigenvalue weighted by molar-refractivity contribution is 7.92. The molecule has 0 unspecified atom stereocenters. The third-order valence-electron chi connectivity index (χ3n) is 5.05. The van der Waals surface area contributed by atoms with E-state index >= 15 is 0 Å². The van der Waals surface area contributed by atoms with Crippen LogP contribution in [0.4, 0.5) is 11.4 Å². The largest absolute Gasteiger partial charge is 0.475 e. The summed E-state index contributed by atoms with van der Waals surface area (Å²) >= 11 is 1.30. The lowest BCUT2D eigenvalue weighted by Gasteiger charge is -2.33. The number of ether oxygens (including phenoxy) is 2. The zero-order chi connectivity index (χ0) is 22.3. The molecule has 1 aliphatic heterocycles. The minimum atomic E-state index is -3.40. The maximum atomic E-state index is 13.4. The van der Waals surface area contributed by atoms with Gasteiger partial charge in [-0.3, -0.25) is 14.0 Å². The average molecular weight is 461 g/mol. The summed E-state index contributed by atoms with van der Waals surface area (Å²) in [5, 5.41) is 0.757. The molecule has 0 spiro atoms. The highest BCUT2D eigenvalue weighted by Crippen LogP contribution is 2.36. The number of carbonyl (C=O) groups excluding carboxylic acids is 2. The molecule has 8 nitrogen and oxygen atoms in total. The molecule has 0 aliphatic carbocycles. The van der Waals surface area contributed by atoms with Crippen LogP contribution in [-0.4, -0.2) is 53.4 Å². The van der Waals surface area contributed by atoms with E-state index in [0.29, 0.717) is 22.0 Å². The first kappa shape index (κ1) is 21.1. The summed E-state index contributed by atoms with van der Waals surface area (Å²) in [5.74, 6) is -0.406. The SMILES string of the molecule is COC(=O)[C@H]1CN(C(=O)c2cc3cc(N(C)S(C)(=O)=O)ccc3s2)c2ccccc2O1. The highest BCUT2D eigenvalue weighted by atomic mass is 32.2. The predicted octanol–water partition coefficient (Wildman–Crippen LogP) is 2.88. The normalized spacial score (nSPS) is 15.8. The van der Waals surface area contributed by atoms with Crippen LogP contribution >= 0.6 is 11.3 Å². The van der Waals surface area contributed by atoms with Crippen molar-refractivity contribution in [1.82, 2.24) is 0 Å². The number of hydrogen-bond acceptors (Lipinski definition) is 7. The van der Waals surface area contributed by atoms with Crippen LogP contribution in [0, 0.1) is 0 Å². The summed E-state index contributed by atoms with van der Waals surface area (Å²) < 4.78 is 36.2. The van der Waals surface area contributed by atoms with Gasteiger partial charge in [0.25, 0.3) is 5.91 Å². The van der Waals surface area contributed by atoms with Crippen molar-refractivity contribution in [3.05, 3.63) is 53.4 Å². The van der Waals surface area contributed by atoms with Crippen LogP contribution < -0.4 is 13.9 Å². The predicted molar refractivity (Wildman–Crippen MR) is 120 cm³/mol. The summed E-state index contributed by atoms with van der Waals surface area (Å²) in [6.07, 6.45) is 0.209. The van der Waals surface area contributed by atoms with Crippen LogP contribution in [0.25, 0.3) is 10.1 Å². The van der Waals surface area contributed by atoms with Gasteiger partial charge in [0.2, 0.25) is 16.1 Å². The molecule has 0 saturated heterocycles. The molecular weight excluding hydrogens is 440 g/mol.